The predicted octanol–water partition coefficient (Wildman–Crippen LogP) is 3.35. The normalized spacial score (nSPS) is 23.8. The Morgan fingerprint density at radius 2 is 2.05 bits per heavy atom. The summed E-state index contributed by atoms with van der Waals surface area (Å²) >= 11 is 6.01. The average Bonchev–Trinajstić information content (AvgIpc) is 2.40. The van der Waals surface area contributed by atoms with Gasteiger partial charge in [-0.2, -0.15) is 0 Å². The van der Waals surface area contributed by atoms with Crippen LogP contribution in [0.1, 0.15) is 38.7 Å². The van der Waals surface area contributed by atoms with Crippen molar-refractivity contribution in [1.82, 2.24) is 10.6 Å². The number of benzene rings is 1. The molecule has 2 rings (SSSR count). The van der Waals surface area contributed by atoms with Crippen molar-refractivity contribution in [3.8, 4) is 0 Å². The molecular weight excluding hydrogens is 256 g/mol. The standard InChI is InChI=1S/C16H25ClN2/c1-13(2)19-11-9-16(8-3-10-18-12-16)14-4-6-15(17)7-5-14/h4-7,13,18-19H,3,8-12H2,1-2H3/t16-/m1/s1. The van der Waals surface area contributed by atoms with E-state index in [1.54, 1.807) is 0 Å². The fourth-order valence-electron chi connectivity index (χ4n) is 2.98. The van der Waals surface area contributed by atoms with E-state index in [0.717, 1.165) is 24.7 Å². The molecule has 0 bridgehead atoms. The van der Waals surface area contributed by atoms with E-state index in [0.29, 0.717) is 6.04 Å². The Morgan fingerprint density at radius 3 is 2.63 bits per heavy atom. The topological polar surface area (TPSA) is 24.1 Å². The number of rotatable bonds is 5. The summed E-state index contributed by atoms with van der Waals surface area (Å²) in [6.07, 6.45) is 3.70. The zero-order valence-corrected chi connectivity index (χ0v) is 12.8. The molecule has 1 atom stereocenters. The van der Waals surface area contributed by atoms with E-state index in [1.807, 2.05) is 12.1 Å². The van der Waals surface area contributed by atoms with Crippen LogP contribution in [0.4, 0.5) is 0 Å². The molecule has 1 aliphatic rings. The molecule has 0 spiro atoms. The molecule has 1 fully saturated rings. The number of hydrogen-bond acceptors (Lipinski definition) is 2. The highest BCUT2D eigenvalue weighted by Crippen LogP contribution is 2.35. The lowest BCUT2D eigenvalue weighted by Crippen LogP contribution is -2.45. The first-order chi connectivity index (χ1) is 9.12. The summed E-state index contributed by atoms with van der Waals surface area (Å²) in [5.74, 6) is 0. The van der Waals surface area contributed by atoms with E-state index < -0.39 is 0 Å². The number of halogens is 1. The highest BCUT2D eigenvalue weighted by molar-refractivity contribution is 6.30. The highest BCUT2D eigenvalue weighted by atomic mass is 35.5. The molecule has 2 N–H and O–H groups in total. The molecule has 1 aliphatic heterocycles. The van der Waals surface area contributed by atoms with Crippen molar-refractivity contribution >= 4 is 11.6 Å². The molecule has 1 heterocycles. The summed E-state index contributed by atoms with van der Waals surface area (Å²) in [5.41, 5.74) is 1.69. The van der Waals surface area contributed by atoms with Gasteiger partial charge in [0.2, 0.25) is 0 Å². The van der Waals surface area contributed by atoms with Crippen LogP contribution in [0.2, 0.25) is 5.02 Å². The molecule has 0 unspecified atom stereocenters. The maximum Gasteiger partial charge on any atom is 0.0406 e. The Kier molecular flexibility index (Phi) is 5.26. The van der Waals surface area contributed by atoms with Crippen LogP contribution in [0, 0.1) is 0 Å². The van der Waals surface area contributed by atoms with E-state index in [9.17, 15) is 0 Å². The quantitative estimate of drug-likeness (QED) is 0.864. The Morgan fingerprint density at radius 1 is 1.32 bits per heavy atom. The second kappa shape index (κ2) is 6.74. The van der Waals surface area contributed by atoms with Gasteiger partial charge in [-0.25, -0.2) is 0 Å². The zero-order chi connectivity index (χ0) is 13.7. The van der Waals surface area contributed by atoms with Gasteiger partial charge in [0.25, 0.3) is 0 Å². The Balaban J connectivity index is 2.11. The molecule has 0 aromatic heterocycles. The highest BCUT2D eigenvalue weighted by Gasteiger charge is 2.33. The number of hydrogen-bond donors (Lipinski definition) is 2. The molecular formula is C16H25ClN2. The molecule has 0 aliphatic carbocycles. The molecule has 0 amide bonds. The summed E-state index contributed by atoms with van der Waals surface area (Å²) in [6, 6.07) is 8.99. The van der Waals surface area contributed by atoms with Crippen molar-refractivity contribution in [2.75, 3.05) is 19.6 Å². The first-order valence-corrected chi connectivity index (χ1v) is 7.70. The lowest BCUT2D eigenvalue weighted by molar-refractivity contribution is 0.286. The van der Waals surface area contributed by atoms with Gasteiger partial charge in [0.1, 0.15) is 0 Å². The molecule has 2 nitrogen and oxygen atoms in total. The van der Waals surface area contributed by atoms with E-state index in [1.165, 1.54) is 24.8 Å². The van der Waals surface area contributed by atoms with Crippen molar-refractivity contribution in [3.05, 3.63) is 34.9 Å². The van der Waals surface area contributed by atoms with Crippen molar-refractivity contribution in [2.45, 2.75) is 44.6 Å². The van der Waals surface area contributed by atoms with Gasteiger partial charge >= 0.3 is 0 Å². The molecule has 19 heavy (non-hydrogen) atoms. The Hall–Kier alpha value is -0.570. The van der Waals surface area contributed by atoms with Crippen molar-refractivity contribution in [1.29, 1.82) is 0 Å². The predicted molar refractivity (Wildman–Crippen MR) is 83.0 cm³/mol. The van der Waals surface area contributed by atoms with Gasteiger partial charge in [-0.15, -0.1) is 0 Å². The molecule has 0 radical (unpaired) electrons. The lowest BCUT2D eigenvalue weighted by Gasteiger charge is -2.39. The minimum Gasteiger partial charge on any atom is -0.316 e. The largest absolute Gasteiger partial charge is 0.316 e. The van der Waals surface area contributed by atoms with Gasteiger partial charge in [0, 0.05) is 23.0 Å². The molecule has 1 aromatic rings. The second-order valence-electron chi connectivity index (χ2n) is 5.93. The van der Waals surface area contributed by atoms with E-state index in [-0.39, 0.29) is 5.41 Å². The van der Waals surface area contributed by atoms with Crippen molar-refractivity contribution < 1.29 is 0 Å². The minimum absolute atomic E-state index is 0.269. The smallest absolute Gasteiger partial charge is 0.0406 e. The van der Waals surface area contributed by atoms with Crippen molar-refractivity contribution in [3.63, 3.8) is 0 Å². The third-order valence-corrected chi connectivity index (χ3v) is 4.34. The van der Waals surface area contributed by atoms with Gasteiger partial charge in [-0.1, -0.05) is 37.6 Å². The Labute approximate surface area is 121 Å². The van der Waals surface area contributed by atoms with Crippen LogP contribution in [0.25, 0.3) is 0 Å². The Bertz CT molecular complexity index is 380. The first kappa shape index (κ1) is 14.8. The van der Waals surface area contributed by atoms with Crippen LogP contribution in [0.15, 0.2) is 24.3 Å². The summed E-state index contributed by atoms with van der Waals surface area (Å²) in [5, 5.41) is 7.93. The SMILES string of the molecule is CC(C)NCC[C@]1(c2ccc(Cl)cc2)CCCNC1. The summed E-state index contributed by atoms with van der Waals surface area (Å²) in [7, 11) is 0. The third kappa shape index (κ3) is 3.95. The molecule has 1 saturated heterocycles. The van der Waals surface area contributed by atoms with Gasteiger partial charge in [0.05, 0.1) is 0 Å². The molecule has 106 valence electrons. The average molecular weight is 281 g/mol. The van der Waals surface area contributed by atoms with E-state index in [2.05, 4.69) is 36.6 Å². The van der Waals surface area contributed by atoms with Crippen LogP contribution in [-0.4, -0.2) is 25.7 Å². The monoisotopic (exact) mass is 280 g/mol. The van der Waals surface area contributed by atoms with Crippen LogP contribution in [-0.2, 0) is 5.41 Å². The van der Waals surface area contributed by atoms with E-state index in [4.69, 9.17) is 11.6 Å². The number of piperidine rings is 1. The minimum atomic E-state index is 0.269. The molecule has 0 saturated carbocycles. The molecule has 3 heteroatoms. The van der Waals surface area contributed by atoms with Gasteiger partial charge < -0.3 is 10.6 Å². The fraction of sp³-hybridized carbons (Fsp3) is 0.625. The first-order valence-electron chi connectivity index (χ1n) is 7.33. The zero-order valence-electron chi connectivity index (χ0n) is 12.0. The third-order valence-electron chi connectivity index (χ3n) is 4.09. The van der Waals surface area contributed by atoms with Crippen LogP contribution in [0.3, 0.4) is 0 Å². The maximum absolute atomic E-state index is 6.01. The van der Waals surface area contributed by atoms with Gasteiger partial charge in [0.15, 0.2) is 0 Å². The second-order valence-corrected chi connectivity index (χ2v) is 6.36. The molecule has 1 aromatic carbocycles. The van der Waals surface area contributed by atoms with Gasteiger partial charge in [-0.3, -0.25) is 0 Å². The van der Waals surface area contributed by atoms with Crippen LogP contribution in [0.5, 0.6) is 0 Å². The maximum atomic E-state index is 6.01. The fourth-order valence-corrected chi connectivity index (χ4v) is 3.10. The lowest BCUT2D eigenvalue weighted by atomic mass is 9.72. The summed E-state index contributed by atoms with van der Waals surface area (Å²) < 4.78 is 0. The van der Waals surface area contributed by atoms with Gasteiger partial charge in [-0.05, 0) is 50.0 Å². The van der Waals surface area contributed by atoms with Crippen LogP contribution < -0.4 is 10.6 Å². The number of nitrogens with one attached hydrogen (secondary N) is 2. The summed E-state index contributed by atoms with van der Waals surface area (Å²) in [4.78, 5) is 0. The van der Waals surface area contributed by atoms with Crippen molar-refractivity contribution in [2.24, 2.45) is 0 Å². The summed E-state index contributed by atoms with van der Waals surface area (Å²) in [6.45, 7) is 7.70. The van der Waals surface area contributed by atoms with Crippen LogP contribution >= 0.6 is 11.6 Å². The van der Waals surface area contributed by atoms with E-state index >= 15 is 0 Å².